The van der Waals surface area contributed by atoms with Crippen LogP contribution in [0.2, 0.25) is 0 Å². The minimum absolute atomic E-state index is 0.00483. The Hall–Kier alpha value is -3.52. The molecule has 0 N–H and O–H groups in total. The number of piperidine rings is 1. The van der Waals surface area contributed by atoms with Crippen LogP contribution in [-0.2, 0) is 6.42 Å². The number of benzene rings is 1. The van der Waals surface area contributed by atoms with Crippen LogP contribution in [0.15, 0.2) is 58.7 Å². The second-order valence-corrected chi connectivity index (χ2v) is 9.33. The van der Waals surface area contributed by atoms with Gasteiger partial charge in [-0.2, -0.15) is 0 Å². The zero-order chi connectivity index (χ0) is 23.5. The van der Waals surface area contributed by atoms with E-state index >= 15 is 0 Å². The number of oxazole rings is 1. The molecule has 1 aromatic carbocycles. The topological polar surface area (TPSA) is 81.4 Å². The fourth-order valence-electron chi connectivity index (χ4n) is 4.29. The molecule has 0 saturated carbocycles. The van der Waals surface area contributed by atoms with Gasteiger partial charge in [0, 0.05) is 25.7 Å². The Morgan fingerprint density at radius 1 is 1.15 bits per heavy atom. The summed E-state index contributed by atoms with van der Waals surface area (Å²) in [4.78, 5) is 29.4. The summed E-state index contributed by atoms with van der Waals surface area (Å²) in [6.07, 6.45) is 6.00. The van der Waals surface area contributed by atoms with Crippen LogP contribution in [0.25, 0.3) is 10.6 Å². The number of aromatic nitrogens is 3. The third kappa shape index (κ3) is 4.72. The van der Waals surface area contributed by atoms with Crippen molar-refractivity contribution in [3.8, 4) is 16.3 Å². The number of methoxy groups -OCH3 is 1. The Morgan fingerprint density at radius 3 is 2.71 bits per heavy atom. The number of pyridine rings is 1. The smallest absolute Gasteiger partial charge is 0.255 e. The number of rotatable bonds is 6. The van der Waals surface area contributed by atoms with Crippen molar-refractivity contribution < 1.29 is 13.9 Å². The summed E-state index contributed by atoms with van der Waals surface area (Å²) < 4.78 is 11.3. The lowest BCUT2D eigenvalue weighted by Crippen LogP contribution is -2.39. The van der Waals surface area contributed by atoms with E-state index in [2.05, 4.69) is 15.0 Å². The first kappa shape index (κ1) is 22.3. The van der Waals surface area contributed by atoms with Crippen molar-refractivity contribution in [3.05, 3.63) is 82.8 Å². The normalized spacial score (nSPS) is 15.9. The van der Waals surface area contributed by atoms with E-state index in [0.29, 0.717) is 24.4 Å². The predicted octanol–water partition coefficient (Wildman–Crippen LogP) is 5.12. The third-order valence-corrected chi connectivity index (χ3v) is 7.11. The van der Waals surface area contributed by atoms with Gasteiger partial charge in [0.1, 0.15) is 11.5 Å². The van der Waals surface area contributed by atoms with Crippen molar-refractivity contribution in [1.82, 2.24) is 19.9 Å². The van der Waals surface area contributed by atoms with Crippen molar-refractivity contribution >= 4 is 17.2 Å². The van der Waals surface area contributed by atoms with Gasteiger partial charge in [0.2, 0.25) is 0 Å². The van der Waals surface area contributed by atoms with Crippen LogP contribution in [-0.4, -0.2) is 46.0 Å². The molecule has 1 amide bonds. The number of hydrogen-bond acceptors (Lipinski definition) is 7. The summed E-state index contributed by atoms with van der Waals surface area (Å²) in [5.74, 6) is 2.44. The van der Waals surface area contributed by atoms with Gasteiger partial charge in [-0.15, -0.1) is 11.3 Å². The highest BCUT2D eigenvalue weighted by Crippen LogP contribution is 2.29. The van der Waals surface area contributed by atoms with Gasteiger partial charge in [0.15, 0.2) is 5.89 Å². The monoisotopic (exact) mass is 474 g/mol. The molecular formula is C26H26N4O3S. The Kier molecular flexibility index (Phi) is 6.40. The van der Waals surface area contributed by atoms with E-state index in [0.717, 1.165) is 52.7 Å². The Morgan fingerprint density at radius 2 is 2.00 bits per heavy atom. The maximum atomic E-state index is 13.2. The number of amides is 1. The average molecular weight is 475 g/mol. The molecule has 0 bridgehead atoms. The van der Waals surface area contributed by atoms with Gasteiger partial charge in [-0.05, 0) is 49.6 Å². The van der Waals surface area contributed by atoms with Crippen molar-refractivity contribution in [1.29, 1.82) is 0 Å². The maximum Gasteiger partial charge on any atom is 0.255 e. The van der Waals surface area contributed by atoms with Gasteiger partial charge >= 0.3 is 0 Å². The van der Waals surface area contributed by atoms with Gasteiger partial charge in [-0.1, -0.05) is 12.1 Å². The molecule has 5 rings (SSSR count). The lowest BCUT2D eigenvalue weighted by molar-refractivity contribution is 0.0697. The van der Waals surface area contributed by atoms with Crippen molar-refractivity contribution in [2.45, 2.75) is 32.1 Å². The molecule has 1 saturated heterocycles. The second kappa shape index (κ2) is 9.77. The van der Waals surface area contributed by atoms with E-state index in [4.69, 9.17) is 9.15 Å². The molecule has 1 aliphatic rings. The minimum atomic E-state index is -0.00483. The molecule has 4 aromatic rings. The number of carbonyl (C=O) groups excluding carboxylic acids is 1. The Bertz CT molecular complexity index is 1260. The van der Waals surface area contributed by atoms with E-state index in [1.807, 2.05) is 53.7 Å². The van der Waals surface area contributed by atoms with Crippen LogP contribution in [0.4, 0.5) is 0 Å². The number of carbonyl (C=O) groups is 1. The highest BCUT2D eigenvalue weighted by molar-refractivity contribution is 7.13. The van der Waals surface area contributed by atoms with Crippen LogP contribution in [0.5, 0.6) is 5.75 Å². The van der Waals surface area contributed by atoms with E-state index < -0.39 is 0 Å². The van der Waals surface area contributed by atoms with Crippen LogP contribution in [0.1, 0.15) is 52.0 Å². The molecular weight excluding hydrogens is 448 g/mol. The standard InChI is InChI=1S/C26H26N4O3S/c1-17-24(34-16-29-17)23-10-7-19(13-27-23)26(31)30-11-3-4-20(15-30)25-28-14-22(33-25)12-18-5-8-21(32-2)9-6-18/h5-10,13-14,16,20H,3-4,11-12,15H2,1-2H3/t20-/m1/s1. The van der Waals surface area contributed by atoms with Crippen molar-refractivity contribution in [3.63, 3.8) is 0 Å². The second-order valence-electron chi connectivity index (χ2n) is 8.48. The van der Waals surface area contributed by atoms with Crippen LogP contribution >= 0.6 is 11.3 Å². The van der Waals surface area contributed by atoms with Crippen LogP contribution in [0, 0.1) is 6.92 Å². The quantitative estimate of drug-likeness (QED) is 0.386. The molecule has 1 atom stereocenters. The highest BCUT2D eigenvalue weighted by atomic mass is 32.1. The molecule has 7 nitrogen and oxygen atoms in total. The lowest BCUT2D eigenvalue weighted by atomic mass is 9.97. The first-order valence-corrected chi connectivity index (χ1v) is 12.2. The molecule has 4 heterocycles. The van der Waals surface area contributed by atoms with Crippen LogP contribution in [0.3, 0.4) is 0 Å². The maximum absolute atomic E-state index is 13.2. The molecule has 3 aromatic heterocycles. The molecule has 1 fully saturated rings. The van der Waals surface area contributed by atoms with Crippen LogP contribution < -0.4 is 4.74 Å². The number of likely N-dealkylation sites (tertiary alicyclic amines) is 1. The molecule has 8 heteroatoms. The molecule has 1 aliphatic heterocycles. The van der Waals surface area contributed by atoms with Gasteiger partial charge in [0.05, 0.1) is 46.6 Å². The molecule has 34 heavy (non-hydrogen) atoms. The zero-order valence-corrected chi connectivity index (χ0v) is 20.0. The SMILES string of the molecule is COc1ccc(Cc2cnc([C@@H]3CCCN(C(=O)c4ccc(-c5scnc5C)nc4)C3)o2)cc1. The molecule has 0 unspecified atom stereocenters. The molecule has 0 aliphatic carbocycles. The summed E-state index contributed by atoms with van der Waals surface area (Å²) in [6, 6.07) is 11.7. The number of nitrogens with zero attached hydrogens (tertiary/aromatic N) is 4. The number of thiazole rings is 1. The molecule has 174 valence electrons. The van der Waals surface area contributed by atoms with Gasteiger partial charge < -0.3 is 14.1 Å². The Balaban J connectivity index is 1.24. The van der Waals surface area contributed by atoms with Gasteiger partial charge in [0.25, 0.3) is 5.91 Å². The summed E-state index contributed by atoms with van der Waals surface area (Å²) in [5, 5.41) is 0. The zero-order valence-electron chi connectivity index (χ0n) is 19.2. The fourth-order valence-corrected chi connectivity index (χ4v) is 5.07. The molecule has 0 radical (unpaired) electrons. The number of ether oxygens (including phenoxy) is 1. The molecule has 0 spiro atoms. The summed E-state index contributed by atoms with van der Waals surface area (Å²) in [7, 11) is 1.66. The summed E-state index contributed by atoms with van der Waals surface area (Å²) >= 11 is 1.55. The summed E-state index contributed by atoms with van der Waals surface area (Å²) in [6.45, 7) is 3.28. The highest BCUT2D eigenvalue weighted by Gasteiger charge is 2.28. The van der Waals surface area contributed by atoms with Gasteiger partial charge in [-0.25, -0.2) is 9.97 Å². The third-order valence-electron chi connectivity index (χ3n) is 6.16. The van der Waals surface area contributed by atoms with E-state index in [1.165, 1.54) is 0 Å². The number of aryl methyl sites for hydroxylation is 1. The van der Waals surface area contributed by atoms with Crippen molar-refractivity contribution in [2.75, 3.05) is 20.2 Å². The summed E-state index contributed by atoms with van der Waals surface area (Å²) in [5.41, 5.74) is 5.34. The largest absolute Gasteiger partial charge is 0.497 e. The number of hydrogen-bond donors (Lipinski definition) is 0. The minimum Gasteiger partial charge on any atom is -0.497 e. The predicted molar refractivity (Wildman–Crippen MR) is 130 cm³/mol. The van der Waals surface area contributed by atoms with E-state index in [9.17, 15) is 4.79 Å². The Labute approximate surface area is 202 Å². The first-order chi connectivity index (χ1) is 16.6. The average Bonchev–Trinajstić information content (AvgIpc) is 3.53. The van der Waals surface area contributed by atoms with E-state index in [-0.39, 0.29) is 11.8 Å². The fraction of sp³-hybridized carbons (Fsp3) is 0.308. The lowest BCUT2D eigenvalue weighted by Gasteiger charge is -2.31. The van der Waals surface area contributed by atoms with Crippen molar-refractivity contribution in [2.24, 2.45) is 0 Å². The first-order valence-electron chi connectivity index (χ1n) is 11.3. The van der Waals surface area contributed by atoms with E-state index in [1.54, 1.807) is 30.8 Å². The van der Waals surface area contributed by atoms with Gasteiger partial charge in [-0.3, -0.25) is 9.78 Å².